The predicted octanol–water partition coefficient (Wildman–Crippen LogP) is 2.59. The van der Waals surface area contributed by atoms with E-state index in [4.69, 9.17) is 4.74 Å². The standard InChI is InChI=1S/C23H28FN3O4/c1-14-11-27(15(2)13-28)23(30)20-9-18(17-5-7-19(24)8-6-17)10-25-22(20)31-21(14)12-26(4)16(3)29/h5-10,14-15,21,28H,11-13H2,1-4H3/t14-,15-,21+/m1/s1. The van der Waals surface area contributed by atoms with Crippen LogP contribution >= 0.6 is 0 Å². The monoisotopic (exact) mass is 429 g/mol. The van der Waals surface area contributed by atoms with E-state index in [-0.39, 0.29) is 41.6 Å². The summed E-state index contributed by atoms with van der Waals surface area (Å²) in [4.78, 5) is 32.7. The maximum absolute atomic E-state index is 13.4. The molecule has 0 saturated carbocycles. The maximum Gasteiger partial charge on any atom is 0.259 e. The molecule has 3 rings (SSSR count). The molecule has 0 spiro atoms. The lowest BCUT2D eigenvalue weighted by atomic mass is 9.99. The number of hydrogen-bond donors (Lipinski definition) is 1. The zero-order valence-electron chi connectivity index (χ0n) is 18.2. The molecule has 2 amide bonds. The van der Waals surface area contributed by atoms with Gasteiger partial charge in [0.25, 0.3) is 5.91 Å². The maximum atomic E-state index is 13.4. The molecule has 2 aromatic rings. The van der Waals surface area contributed by atoms with Crippen LogP contribution in [0.4, 0.5) is 4.39 Å². The molecule has 1 aromatic heterocycles. The number of halogens is 1. The fourth-order valence-electron chi connectivity index (χ4n) is 3.52. The van der Waals surface area contributed by atoms with Gasteiger partial charge in [-0.3, -0.25) is 9.59 Å². The van der Waals surface area contributed by atoms with Crippen LogP contribution in [0, 0.1) is 11.7 Å². The van der Waals surface area contributed by atoms with Crippen molar-refractivity contribution < 1.29 is 23.8 Å². The molecule has 0 unspecified atom stereocenters. The van der Waals surface area contributed by atoms with E-state index in [1.54, 1.807) is 48.2 Å². The molecule has 0 bridgehead atoms. The number of rotatable bonds is 5. The summed E-state index contributed by atoms with van der Waals surface area (Å²) in [5, 5.41) is 9.71. The smallest absolute Gasteiger partial charge is 0.259 e. The second kappa shape index (κ2) is 9.43. The Hall–Kier alpha value is -3.00. The van der Waals surface area contributed by atoms with Gasteiger partial charge in [-0.1, -0.05) is 19.1 Å². The molecule has 0 saturated heterocycles. The van der Waals surface area contributed by atoms with E-state index >= 15 is 0 Å². The third kappa shape index (κ3) is 5.02. The van der Waals surface area contributed by atoms with Crippen molar-refractivity contribution in [1.82, 2.24) is 14.8 Å². The molecule has 1 aromatic carbocycles. The number of likely N-dealkylation sites (N-methyl/N-ethyl adjacent to an activating group) is 1. The van der Waals surface area contributed by atoms with Crippen molar-refractivity contribution in [2.45, 2.75) is 32.9 Å². The van der Waals surface area contributed by atoms with Crippen LogP contribution in [-0.4, -0.2) is 70.6 Å². The minimum Gasteiger partial charge on any atom is -0.472 e. The number of nitrogens with zero attached hydrogens (tertiary/aromatic N) is 3. The molecular formula is C23H28FN3O4. The Kier molecular flexibility index (Phi) is 6.90. The van der Waals surface area contributed by atoms with E-state index in [2.05, 4.69) is 4.98 Å². The number of pyridine rings is 1. The van der Waals surface area contributed by atoms with Gasteiger partial charge in [-0.05, 0) is 30.7 Å². The molecular weight excluding hydrogens is 401 g/mol. The summed E-state index contributed by atoms with van der Waals surface area (Å²) >= 11 is 0. The average Bonchev–Trinajstić information content (AvgIpc) is 2.75. The van der Waals surface area contributed by atoms with Crippen LogP contribution in [0.5, 0.6) is 5.88 Å². The predicted molar refractivity (Wildman–Crippen MR) is 114 cm³/mol. The largest absolute Gasteiger partial charge is 0.472 e. The van der Waals surface area contributed by atoms with E-state index in [0.29, 0.717) is 18.7 Å². The van der Waals surface area contributed by atoms with E-state index in [1.807, 2.05) is 6.92 Å². The van der Waals surface area contributed by atoms with Gasteiger partial charge in [-0.2, -0.15) is 0 Å². The Morgan fingerprint density at radius 1 is 1.35 bits per heavy atom. The summed E-state index contributed by atoms with van der Waals surface area (Å²) in [6, 6.07) is 7.21. The SMILES string of the molecule is CC(=O)N(C)C[C@@H]1Oc2ncc(-c3ccc(F)cc3)cc2C(=O)N([C@H](C)CO)C[C@H]1C. The molecule has 0 radical (unpaired) electrons. The van der Waals surface area contributed by atoms with Gasteiger partial charge in [0.15, 0.2) is 0 Å². The summed E-state index contributed by atoms with van der Waals surface area (Å²) in [6.07, 6.45) is 1.19. The van der Waals surface area contributed by atoms with Gasteiger partial charge in [0.05, 0.1) is 19.2 Å². The minimum atomic E-state index is -0.401. The van der Waals surface area contributed by atoms with Gasteiger partial charge in [0.2, 0.25) is 11.8 Å². The molecule has 0 fully saturated rings. The first-order valence-electron chi connectivity index (χ1n) is 10.3. The lowest BCUT2D eigenvalue weighted by Gasteiger charge is -2.37. The number of aliphatic hydroxyl groups excluding tert-OH is 1. The van der Waals surface area contributed by atoms with Crippen LogP contribution in [0.15, 0.2) is 36.5 Å². The lowest BCUT2D eigenvalue weighted by Crippen LogP contribution is -2.50. The molecule has 31 heavy (non-hydrogen) atoms. The highest BCUT2D eigenvalue weighted by molar-refractivity contribution is 5.98. The normalized spacial score (nSPS) is 19.7. The Bertz CT molecular complexity index is 950. The van der Waals surface area contributed by atoms with Crippen LogP contribution in [0.1, 0.15) is 31.1 Å². The fraction of sp³-hybridized carbons (Fsp3) is 0.435. The molecule has 7 nitrogen and oxygen atoms in total. The summed E-state index contributed by atoms with van der Waals surface area (Å²) in [7, 11) is 1.70. The Balaban J connectivity index is 2.05. The van der Waals surface area contributed by atoms with Gasteiger partial charge < -0.3 is 19.6 Å². The van der Waals surface area contributed by atoms with Crippen molar-refractivity contribution in [3.05, 3.63) is 47.9 Å². The van der Waals surface area contributed by atoms with Gasteiger partial charge in [0.1, 0.15) is 17.5 Å². The van der Waals surface area contributed by atoms with Crippen molar-refractivity contribution in [2.75, 3.05) is 26.7 Å². The van der Waals surface area contributed by atoms with Crippen LogP contribution < -0.4 is 4.74 Å². The summed E-state index contributed by atoms with van der Waals surface area (Å²) in [5.74, 6) is -0.657. The van der Waals surface area contributed by atoms with Crippen molar-refractivity contribution in [3.8, 4) is 17.0 Å². The molecule has 8 heteroatoms. The summed E-state index contributed by atoms with van der Waals surface area (Å²) < 4.78 is 19.4. The number of aliphatic hydroxyl groups is 1. The molecule has 3 atom stereocenters. The Labute approximate surface area is 181 Å². The zero-order valence-corrected chi connectivity index (χ0v) is 18.2. The first-order valence-corrected chi connectivity index (χ1v) is 10.3. The van der Waals surface area contributed by atoms with Crippen molar-refractivity contribution >= 4 is 11.8 Å². The fourth-order valence-corrected chi connectivity index (χ4v) is 3.52. The molecule has 166 valence electrons. The van der Waals surface area contributed by atoms with Crippen molar-refractivity contribution in [1.29, 1.82) is 0 Å². The van der Waals surface area contributed by atoms with E-state index in [1.165, 1.54) is 19.1 Å². The number of aromatic nitrogens is 1. The summed E-state index contributed by atoms with van der Waals surface area (Å²) in [6.45, 7) is 5.72. The minimum absolute atomic E-state index is 0.0886. The van der Waals surface area contributed by atoms with Crippen LogP contribution in [0.2, 0.25) is 0 Å². The second-order valence-corrected chi connectivity index (χ2v) is 8.11. The quantitative estimate of drug-likeness (QED) is 0.790. The highest BCUT2D eigenvalue weighted by atomic mass is 19.1. The first kappa shape index (κ1) is 22.7. The third-order valence-electron chi connectivity index (χ3n) is 5.69. The molecule has 1 aliphatic rings. The third-order valence-corrected chi connectivity index (χ3v) is 5.69. The number of fused-ring (bicyclic) bond motifs is 1. The second-order valence-electron chi connectivity index (χ2n) is 8.11. The number of benzene rings is 1. The molecule has 2 heterocycles. The lowest BCUT2D eigenvalue weighted by molar-refractivity contribution is -0.129. The zero-order chi connectivity index (χ0) is 22.7. The number of amides is 2. The van der Waals surface area contributed by atoms with E-state index in [9.17, 15) is 19.1 Å². The van der Waals surface area contributed by atoms with Crippen LogP contribution in [-0.2, 0) is 4.79 Å². The average molecular weight is 429 g/mol. The molecule has 1 N–H and O–H groups in total. The van der Waals surface area contributed by atoms with Gasteiger partial charge in [0, 0.05) is 38.2 Å². The molecule has 1 aliphatic heterocycles. The van der Waals surface area contributed by atoms with Gasteiger partial charge in [-0.15, -0.1) is 0 Å². The number of carbonyl (C=O) groups is 2. The number of carbonyl (C=O) groups excluding carboxylic acids is 2. The highest BCUT2D eigenvalue weighted by Crippen LogP contribution is 2.30. The topological polar surface area (TPSA) is 83.0 Å². The van der Waals surface area contributed by atoms with E-state index < -0.39 is 12.1 Å². The van der Waals surface area contributed by atoms with Crippen molar-refractivity contribution in [2.24, 2.45) is 5.92 Å². The Morgan fingerprint density at radius 2 is 2.03 bits per heavy atom. The Morgan fingerprint density at radius 3 is 2.65 bits per heavy atom. The molecule has 0 aliphatic carbocycles. The highest BCUT2D eigenvalue weighted by Gasteiger charge is 2.34. The van der Waals surface area contributed by atoms with Gasteiger partial charge >= 0.3 is 0 Å². The van der Waals surface area contributed by atoms with E-state index in [0.717, 1.165) is 5.56 Å². The van der Waals surface area contributed by atoms with Crippen LogP contribution in [0.25, 0.3) is 11.1 Å². The first-order chi connectivity index (χ1) is 14.7. The van der Waals surface area contributed by atoms with Crippen molar-refractivity contribution in [3.63, 3.8) is 0 Å². The number of ether oxygens (including phenoxy) is 1. The van der Waals surface area contributed by atoms with Crippen LogP contribution in [0.3, 0.4) is 0 Å². The summed E-state index contributed by atoms with van der Waals surface area (Å²) in [5.41, 5.74) is 1.64. The number of hydrogen-bond acceptors (Lipinski definition) is 5. The van der Waals surface area contributed by atoms with Gasteiger partial charge in [-0.25, -0.2) is 9.37 Å².